The van der Waals surface area contributed by atoms with Gasteiger partial charge >= 0.3 is 0 Å². The third kappa shape index (κ3) is 6.05. The van der Waals surface area contributed by atoms with Gasteiger partial charge in [-0.2, -0.15) is 0 Å². The van der Waals surface area contributed by atoms with E-state index in [0.717, 1.165) is 24.1 Å². The number of hydrogen-bond acceptors (Lipinski definition) is 2. The lowest BCUT2D eigenvalue weighted by Gasteiger charge is -2.08. The molecule has 0 heterocycles. The van der Waals surface area contributed by atoms with Gasteiger partial charge in [0.05, 0.1) is 12.8 Å². The second-order valence-electron chi connectivity index (χ2n) is 4.85. The highest BCUT2D eigenvalue weighted by atomic mass is 16.5. The second-order valence-corrected chi connectivity index (χ2v) is 4.85. The zero-order valence-electron chi connectivity index (χ0n) is 14.1. The predicted molar refractivity (Wildman–Crippen MR) is 90.1 cm³/mol. The molecule has 0 bridgehead atoms. The average Bonchev–Trinajstić information content (AvgIpc) is 2.48. The van der Waals surface area contributed by atoms with E-state index in [4.69, 9.17) is 4.74 Å². The van der Waals surface area contributed by atoms with Gasteiger partial charge < -0.3 is 4.74 Å². The Morgan fingerprint density at radius 2 is 1.60 bits per heavy atom. The summed E-state index contributed by atoms with van der Waals surface area (Å²) >= 11 is 0. The summed E-state index contributed by atoms with van der Waals surface area (Å²) in [6.45, 7) is 12.8. The normalized spacial score (nSPS) is 15.7. The molecule has 0 atom stereocenters. The molecule has 0 aliphatic heterocycles. The highest BCUT2D eigenvalue weighted by molar-refractivity contribution is 5.54. The van der Waals surface area contributed by atoms with E-state index in [9.17, 15) is 0 Å². The maximum Gasteiger partial charge on any atom is 0.174 e. The molecule has 112 valence electrons. The van der Waals surface area contributed by atoms with Crippen molar-refractivity contribution in [2.45, 2.75) is 54.4 Å². The van der Waals surface area contributed by atoms with Crippen LogP contribution in [0.2, 0.25) is 0 Å². The quantitative estimate of drug-likeness (QED) is 0.337. The van der Waals surface area contributed by atoms with Gasteiger partial charge in [-0.25, -0.2) is 4.99 Å². The number of methoxy groups -OCH3 is 1. The minimum Gasteiger partial charge on any atom is -0.486 e. The fraction of sp³-hybridized carbons (Fsp3) is 0.500. The van der Waals surface area contributed by atoms with Gasteiger partial charge in [0.25, 0.3) is 0 Å². The molecule has 0 saturated heterocycles. The lowest BCUT2D eigenvalue weighted by molar-refractivity contribution is 0.422. The Labute approximate surface area is 124 Å². The van der Waals surface area contributed by atoms with Gasteiger partial charge in [-0.05, 0) is 51.7 Å². The molecule has 0 aliphatic carbocycles. The first-order chi connectivity index (χ1) is 9.51. The summed E-state index contributed by atoms with van der Waals surface area (Å²) in [5.41, 5.74) is 6.10. The van der Waals surface area contributed by atoms with Gasteiger partial charge in [-0.1, -0.05) is 43.2 Å². The minimum absolute atomic E-state index is 0.977. The van der Waals surface area contributed by atoms with Crippen molar-refractivity contribution in [1.29, 1.82) is 0 Å². The van der Waals surface area contributed by atoms with Crippen LogP contribution in [0, 0.1) is 0 Å². The SMILES string of the molecule is C/C=C(\C=C/C(C)=C(/C)CC)C(/N=C\OC)=C(\C)CC. The molecule has 0 unspecified atom stereocenters. The zero-order valence-corrected chi connectivity index (χ0v) is 14.1. The van der Waals surface area contributed by atoms with Gasteiger partial charge in [0.1, 0.15) is 0 Å². The van der Waals surface area contributed by atoms with Gasteiger partial charge in [-0.3, -0.25) is 0 Å². The lowest BCUT2D eigenvalue weighted by atomic mass is 10.0. The molecule has 0 rings (SSSR count). The summed E-state index contributed by atoms with van der Waals surface area (Å²) in [5, 5.41) is 0. The Kier molecular flexibility index (Phi) is 9.44. The molecule has 20 heavy (non-hydrogen) atoms. The second kappa shape index (κ2) is 10.2. The lowest BCUT2D eigenvalue weighted by Crippen LogP contribution is -1.91. The van der Waals surface area contributed by atoms with Crippen LogP contribution in [-0.2, 0) is 4.74 Å². The van der Waals surface area contributed by atoms with Crippen molar-refractivity contribution in [2.24, 2.45) is 4.99 Å². The van der Waals surface area contributed by atoms with Crippen LogP contribution in [0.25, 0.3) is 0 Å². The summed E-state index contributed by atoms with van der Waals surface area (Å²) in [5.74, 6) is 0. The monoisotopic (exact) mass is 275 g/mol. The van der Waals surface area contributed by atoms with E-state index >= 15 is 0 Å². The van der Waals surface area contributed by atoms with Crippen LogP contribution in [0.5, 0.6) is 0 Å². The van der Waals surface area contributed by atoms with E-state index in [-0.39, 0.29) is 0 Å². The zero-order chi connectivity index (χ0) is 15.5. The summed E-state index contributed by atoms with van der Waals surface area (Å²) in [6.07, 6.45) is 9.94. The average molecular weight is 275 g/mol. The van der Waals surface area contributed by atoms with Crippen LogP contribution in [0.15, 0.2) is 51.2 Å². The highest BCUT2D eigenvalue weighted by Gasteiger charge is 2.04. The molecular weight excluding hydrogens is 246 g/mol. The van der Waals surface area contributed by atoms with Crippen molar-refractivity contribution >= 4 is 6.40 Å². The Morgan fingerprint density at radius 1 is 1.00 bits per heavy atom. The number of ether oxygens (including phenoxy) is 1. The summed E-state index contributed by atoms with van der Waals surface area (Å²) in [7, 11) is 1.62. The molecule has 0 N–H and O–H groups in total. The van der Waals surface area contributed by atoms with E-state index < -0.39 is 0 Å². The molecule has 0 saturated carbocycles. The Morgan fingerprint density at radius 3 is 2.05 bits per heavy atom. The van der Waals surface area contributed by atoms with Crippen molar-refractivity contribution in [3.63, 3.8) is 0 Å². The number of rotatable bonds is 7. The smallest absolute Gasteiger partial charge is 0.174 e. The first-order valence-electron chi connectivity index (χ1n) is 7.27. The fourth-order valence-corrected chi connectivity index (χ4v) is 1.65. The standard InChI is InChI=1S/C18H29NO/c1-8-14(4)16(6)11-12-17(10-3)18(15(5)9-2)19-13-20-7/h10-13H,8-9H2,1-7H3/b12-11-,16-14-,17-10+,18-15-,19-13-. The maximum absolute atomic E-state index is 4.96. The maximum atomic E-state index is 4.96. The van der Waals surface area contributed by atoms with Crippen molar-refractivity contribution in [2.75, 3.05) is 7.11 Å². The third-order valence-corrected chi connectivity index (χ3v) is 3.52. The molecule has 2 heteroatoms. The summed E-state index contributed by atoms with van der Waals surface area (Å²) in [6, 6.07) is 0. The van der Waals surface area contributed by atoms with Crippen LogP contribution in [0.4, 0.5) is 0 Å². The van der Waals surface area contributed by atoms with Crippen molar-refractivity contribution in [3.8, 4) is 0 Å². The first-order valence-corrected chi connectivity index (χ1v) is 7.27. The third-order valence-electron chi connectivity index (χ3n) is 3.52. The number of allylic oxidation sites excluding steroid dienone is 6. The van der Waals surface area contributed by atoms with Crippen molar-refractivity contribution < 1.29 is 4.74 Å². The van der Waals surface area contributed by atoms with Crippen LogP contribution < -0.4 is 0 Å². The van der Waals surface area contributed by atoms with E-state index in [0.29, 0.717) is 0 Å². The molecule has 0 aromatic rings. The largest absolute Gasteiger partial charge is 0.486 e. The molecule has 0 aromatic heterocycles. The number of nitrogens with zero attached hydrogens (tertiary/aromatic N) is 1. The van der Waals surface area contributed by atoms with E-state index in [1.54, 1.807) is 7.11 Å². The first kappa shape index (κ1) is 18.4. The van der Waals surface area contributed by atoms with Crippen LogP contribution >= 0.6 is 0 Å². The van der Waals surface area contributed by atoms with Gasteiger partial charge in [0.2, 0.25) is 0 Å². The molecule has 0 fully saturated rings. The number of aliphatic imine (C=N–C) groups is 1. The van der Waals surface area contributed by atoms with Crippen molar-refractivity contribution in [1.82, 2.24) is 0 Å². The molecule has 2 nitrogen and oxygen atoms in total. The molecular formula is C18H29NO. The Balaban J connectivity index is 5.45. The van der Waals surface area contributed by atoms with Crippen molar-refractivity contribution in [3.05, 3.63) is 46.2 Å². The fourth-order valence-electron chi connectivity index (χ4n) is 1.65. The van der Waals surface area contributed by atoms with Crippen LogP contribution in [0.1, 0.15) is 54.4 Å². The Hall–Kier alpha value is -1.57. The van der Waals surface area contributed by atoms with E-state index in [1.807, 2.05) is 6.92 Å². The molecule has 0 aromatic carbocycles. The Bertz CT molecular complexity index is 448. The van der Waals surface area contributed by atoms with Crippen LogP contribution in [-0.4, -0.2) is 13.5 Å². The summed E-state index contributed by atoms with van der Waals surface area (Å²) < 4.78 is 4.96. The van der Waals surface area contributed by atoms with Gasteiger partial charge in [-0.15, -0.1) is 0 Å². The van der Waals surface area contributed by atoms with E-state index in [1.165, 1.54) is 23.1 Å². The van der Waals surface area contributed by atoms with E-state index in [2.05, 4.69) is 57.8 Å². The molecule has 0 spiro atoms. The summed E-state index contributed by atoms with van der Waals surface area (Å²) in [4.78, 5) is 4.42. The van der Waals surface area contributed by atoms with Gasteiger partial charge in [0.15, 0.2) is 6.40 Å². The highest BCUT2D eigenvalue weighted by Crippen LogP contribution is 2.21. The number of hydrogen-bond donors (Lipinski definition) is 0. The predicted octanol–water partition coefficient (Wildman–Crippen LogP) is 5.59. The topological polar surface area (TPSA) is 21.6 Å². The van der Waals surface area contributed by atoms with Crippen LogP contribution in [0.3, 0.4) is 0 Å². The van der Waals surface area contributed by atoms with Gasteiger partial charge in [0, 0.05) is 0 Å². The molecule has 0 amide bonds. The molecule has 0 aliphatic rings. The minimum atomic E-state index is 0.977. The molecule has 0 radical (unpaired) electrons.